The van der Waals surface area contributed by atoms with Crippen LogP contribution in [0.3, 0.4) is 0 Å². The molecule has 0 bridgehead atoms. The molecule has 2 aromatic rings. The van der Waals surface area contributed by atoms with Crippen LogP contribution < -0.4 is 10.6 Å². The van der Waals surface area contributed by atoms with Gasteiger partial charge in [-0.25, -0.2) is 4.79 Å². The Hall–Kier alpha value is -3.04. The van der Waals surface area contributed by atoms with Crippen molar-refractivity contribution >= 4 is 12.0 Å². The number of ether oxygens (including phenoxy) is 1. The summed E-state index contributed by atoms with van der Waals surface area (Å²) in [7, 11) is 0. The summed E-state index contributed by atoms with van der Waals surface area (Å²) in [6.07, 6.45) is -3.93. The maximum atomic E-state index is 13.0. The van der Waals surface area contributed by atoms with E-state index in [1.165, 1.54) is 24.5 Å². The summed E-state index contributed by atoms with van der Waals surface area (Å²) in [4.78, 5) is 24.1. The number of nitrogens with one attached hydrogen (secondary N) is 2. The minimum Gasteiger partial charge on any atom is -0.444 e. The highest BCUT2D eigenvalue weighted by molar-refractivity contribution is 5.91. The summed E-state index contributed by atoms with van der Waals surface area (Å²) in [5, 5.41) is 8.64. The van der Waals surface area contributed by atoms with Gasteiger partial charge in [-0.2, -0.15) is 13.2 Å². The van der Waals surface area contributed by atoms with Crippen LogP contribution in [0.1, 0.15) is 54.8 Å². The van der Waals surface area contributed by atoms with Crippen LogP contribution >= 0.6 is 0 Å². The number of aromatic nitrogens is 1. The predicted octanol–water partition coefficient (Wildman–Crippen LogP) is 4.08. The predicted molar refractivity (Wildman–Crippen MR) is 97.0 cm³/mol. The summed E-state index contributed by atoms with van der Waals surface area (Å²) >= 11 is 0. The molecule has 2 rings (SSSR count). The molecule has 0 aliphatic carbocycles. The second-order valence-electron chi connectivity index (χ2n) is 7.25. The number of nitrogens with zero attached hydrogens (tertiary/aromatic N) is 1. The summed E-state index contributed by atoms with van der Waals surface area (Å²) in [6.45, 7) is 5.08. The van der Waals surface area contributed by atoms with Crippen LogP contribution in [0.2, 0.25) is 0 Å². The largest absolute Gasteiger partial charge is 0.444 e. The standard InChI is InChI=1S/C19H22F3N3O4/c1-18(2,3)29-17(27)24-14(7-9-23-16(26)15-8-10-28-25-15)12-5-4-6-13(11-12)19(20,21)22/h4-6,8,10-11,14H,7,9H2,1-3H3,(H,23,26)(H,24,27). The number of hydrogen-bond acceptors (Lipinski definition) is 5. The molecule has 158 valence electrons. The Morgan fingerprint density at radius 3 is 2.52 bits per heavy atom. The van der Waals surface area contributed by atoms with Crippen LogP contribution in [0, 0.1) is 0 Å². The van der Waals surface area contributed by atoms with Crippen LogP contribution in [0.4, 0.5) is 18.0 Å². The van der Waals surface area contributed by atoms with Crippen molar-refractivity contribution in [2.75, 3.05) is 6.54 Å². The molecule has 1 aromatic carbocycles. The number of benzene rings is 1. The first kappa shape index (κ1) is 22.3. The molecule has 10 heteroatoms. The molecule has 0 spiro atoms. The van der Waals surface area contributed by atoms with Crippen molar-refractivity contribution in [2.24, 2.45) is 0 Å². The number of alkyl carbamates (subject to hydrolysis) is 1. The lowest BCUT2D eigenvalue weighted by atomic mass is 10.0. The van der Waals surface area contributed by atoms with Gasteiger partial charge in [0, 0.05) is 12.6 Å². The number of halogens is 3. The lowest BCUT2D eigenvalue weighted by Gasteiger charge is -2.24. The maximum Gasteiger partial charge on any atom is 0.416 e. The average Bonchev–Trinajstić information content (AvgIpc) is 3.13. The topological polar surface area (TPSA) is 93.5 Å². The Bertz CT molecular complexity index is 830. The number of rotatable bonds is 6. The van der Waals surface area contributed by atoms with E-state index in [9.17, 15) is 22.8 Å². The third kappa shape index (κ3) is 7.13. The molecule has 0 aliphatic rings. The molecule has 0 radical (unpaired) electrons. The molecule has 1 aromatic heterocycles. The fourth-order valence-electron chi connectivity index (χ4n) is 2.45. The molecular weight excluding hydrogens is 391 g/mol. The van der Waals surface area contributed by atoms with E-state index in [0.717, 1.165) is 12.1 Å². The van der Waals surface area contributed by atoms with Gasteiger partial charge in [-0.05, 0) is 44.9 Å². The summed E-state index contributed by atoms with van der Waals surface area (Å²) in [5.74, 6) is -0.501. The number of hydrogen-bond donors (Lipinski definition) is 2. The Balaban J connectivity index is 2.12. The van der Waals surface area contributed by atoms with Crippen LogP contribution in [-0.2, 0) is 10.9 Å². The van der Waals surface area contributed by atoms with Crippen molar-refractivity contribution in [1.82, 2.24) is 15.8 Å². The Morgan fingerprint density at radius 1 is 1.21 bits per heavy atom. The van der Waals surface area contributed by atoms with Gasteiger partial charge >= 0.3 is 12.3 Å². The third-order valence-electron chi connectivity index (χ3n) is 3.70. The second-order valence-corrected chi connectivity index (χ2v) is 7.25. The highest BCUT2D eigenvalue weighted by Crippen LogP contribution is 2.31. The molecule has 7 nitrogen and oxygen atoms in total. The molecular formula is C19H22F3N3O4. The van der Waals surface area contributed by atoms with Gasteiger partial charge in [0.15, 0.2) is 5.69 Å². The van der Waals surface area contributed by atoms with Crippen LogP contribution in [0.25, 0.3) is 0 Å². The number of amides is 2. The van der Waals surface area contributed by atoms with Crippen molar-refractivity contribution in [3.05, 3.63) is 53.4 Å². The zero-order valence-electron chi connectivity index (χ0n) is 16.2. The Kier molecular flexibility index (Phi) is 6.89. The van der Waals surface area contributed by atoms with Gasteiger partial charge in [-0.1, -0.05) is 17.3 Å². The van der Waals surface area contributed by atoms with Crippen molar-refractivity contribution in [2.45, 2.75) is 45.0 Å². The summed E-state index contributed by atoms with van der Waals surface area (Å²) in [5.41, 5.74) is -1.30. The molecule has 0 saturated heterocycles. The third-order valence-corrected chi connectivity index (χ3v) is 3.70. The molecule has 0 aliphatic heterocycles. The first-order valence-corrected chi connectivity index (χ1v) is 8.81. The van der Waals surface area contributed by atoms with Crippen molar-refractivity contribution in [1.29, 1.82) is 0 Å². The lowest BCUT2D eigenvalue weighted by Crippen LogP contribution is -2.36. The smallest absolute Gasteiger partial charge is 0.416 e. The van der Waals surface area contributed by atoms with Gasteiger partial charge in [-0.3, -0.25) is 4.79 Å². The molecule has 2 N–H and O–H groups in total. The van der Waals surface area contributed by atoms with Crippen LogP contribution in [-0.4, -0.2) is 29.3 Å². The monoisotopic (exact) mass is 413 g/mol. The number of carbonyl (C=O) groups excluding carboxylic acids is 2. The minimum absolute atomic E-state index is 0.0701. The molecule has 0 fully saturated rings. The first-order valence-electron chi connectivity index (χ1n) is 8.81. The van der Waals surface area contributed by atoms with E-state index in [4.69, 9.17) is 4.74 Å². The highest BCUT2D eigenvalue weighted by Gasteiger charge is 2.31. The molecule has 1 atom stereocenters. The van der Waals surface area contributed by atoms with Gasteiger partial charge in [0.05, 0.1) is 11.6 Å². The molecule has 1 heterocycles. The lowest BCUT2D eigenvalue weighted by molar-refractivity contribution is -0.137. The maximum absolute atomic E-state index is 13.0. The quantitative estimate of drug-likeness (QED) is 0.744. The van der Waals surface area contributed by atoms with Crippen molar-refractivity contribution in [3.63, 3.8) is 0 Å². The minimum atomic E-state index is -4.52. The van der Waals surface area contributed by atoms with Gasteiger partial charge in [-0.15, -0.1) is 0 Å². The van der Waals surface area contributed by atoms with E-state index in [0.29, 0.717) is 0 Å². The molecule has 29 heavy (non-hydrogen) atoms. The normalized spacial score (nSPS) is 12.9. The van der Waals surface area contributed by atoms with Gasteiger partial charge in [0.2, 0.25) is 0 Å². The second kappa shape index (κ2) is 8.97. The van der Waals surface area contributed by atoms with E-state index in [-0.39, 0.29) is 24.2 Å². The zero-order chi connectivity index (χ0) is 21.7. The van der Waals surface area contributed by atoms with Gasteiger partial charge < -0.3 is 19.9 Å². The first-order chi connectivity index (χ1) is 13.5. The Labute approximate surface area is 165 Å². The molecule has 2 amide bonds. The average molecular weight is 413 g/mol. The van der Waals surface area contributed by atoms with E-state index in [2.05, 4.69) is 20.3 Å². The fourth-order valence-corrected chi connectivity index (χ4v) is 2.45. The van der Waals surface area contributed by atoms with Crippen molar-refractivity contribution < 1.29 is 32.0 Å². The van der Waals surface area contributed by atoms with E-state index in [1.807, 2.05) is 0 Å². The molecule has 1 unspecified atom stereocenters. The zero-order valence-corrected chi connectivity index (χ0v) is 16.2. The van der Waals surface area contributed by atoms with E-state index < -0.39 is 35.4 Å². The van der Waals surface area contributed by atoms with Crippen LogP contribution in [0.15, 0.2) is 41.1 Å². The number of alkyl halides is 3. The van der Waals surface area contributed by atoms with E-state index >= 15 is 0 Å². The fraction of sp³-hybridized carbons (Fsp3) is 0.421. The number of carbonyl (C=O) groups is 2. The molecule has 0 saturated carbocycles. The van der Waals surface area contributed by atoms with Crippen LogP contribution in [0.5, 0.6) is 0 Å². The summed E-state index contributed by atoms with van der Waals surface area (Å²) in [6, 6.07) is 5.19. The summed E-state index contributed by atoms with van der Waals surface area (Å²) < 4.78 is 48.9. The Morgan fingerprint density at radius 2 is 1.93 bits per heavy atom. The van der Waals surface area contributed by atoms with Gasteiger partial charge in [0.25, 0.3) is 5.91 Å². The SMILES string of the molecule is CC(C)(C)OC(=O)NC(CCNC(=O)c1ccon1)c1cccc(C(F)(F)F)c1. The highest BCUT2D eigenvalue weighted by atomic mass is 19.4. The van der Waals surface area contributed by atoms with Crippen molar-refractivity contribution in [3.8, 4) is 0 Å². The van der Waals surface area contributed by atoms with Gasteiger partial charge in [0.1, 0.15) is 11.9 Å². The van der Waals surface area contributed by atoms with E-state index in [1.54, 1.807) is 20.8 Å².